The summed E-state index contributed by atoms with van der Waals surface area (Å²) in [7, 11) is -3.67. The van der Waals surface area contributed by atoms with E-state index in [1.807, 2.05) is 30.3 Å². The van der Waals surface area contributed by atoms with Crippen LogP contribution in [0.1, 0.15) is 22.1 Å². The Morgan fingerprint density at radius 3 is 2.46 bits per heavy atom. The molecular weight excluding hydrogens is 378 g/mol. The highest BCUT2D eigenvalue weighted by Crippen LogP contribution is 2.18. The number of hydrogen-bond acceptors (Lipinski definition) is 6. The largest absolute Gasteiger partial charge is 0.344 e. The summed E-state index contributed by atoms with van der Waals surface area (Å²) < 4.78 is 29.5. The molecule has 0 bridgehead atoms. The number of carbonyl (C=O) groups is 1. The number of aromatic nitrogens is 2. The second kappa shape index (κ2) is 7.67. The summed E-state index contributed by atoms with van der Waals surface area (Å²) >= 11 is 5.76. The van der Waals surface area contributed by atoms with Crippen molar-refractivity contribution in [3.05, 3.63) is 76.9 Å². The summed E-state index contributed by atoms with van der Waals surface area (Å²) in [6.07, 6.45) is 0. The number of benzene rings is 2. The average Bonchev–Trinajstić information content (AvgIpc) is 3.09. The highest BCUT2D eigenvalue weighted by molar-refractivity contribution is 7.90. The fraction of sp³-hybridized carbons (Fsp3) is 0.118. The topological polar surface area (TPSA) is 102 Å². The van der Waals surface area contributed by atoms with Crippen molar-refractivity contribution in [3.8, 4) is 0 Å². The fourth-order valence-electron chi connectivity index (χ4n) is 2.15. The van der Waals surface area contributed by atoms with Crippen molar-refractivity contribution < 1.29 is 17.7 Å². The molecule has 1 amide bonds. The number of hydrogen-bond donors (Lipinski definition) is 1. The lowest BCUT2D eigenvalue weighted by molar-refractivity contribution is 0.0907. The Balaban J connectivity index is 1.65. The second-order valence-electron chi connectivity index (χ2n) is 5.40. The Bertz CT molecular complexity index is 1000. The molecule has 0 aliphatic carbocycles. The first kappa shape index (κ1) is 18.1. The third-order valence-corrected chi connectivity index (χ3v) is 5.33. The summed E-state index contributed by atoms with van der Waals surface area (Å²) in [5.74, 6) is -1.44. The molecule has 0 spiro atoms. The Morgan fingerprint density at radius 1 is 1.08 bits per heavy atom. The number of sulfone groups is 1. The molecule has 0 fully saturated rings. The van der Waals surface area contributed by atoms with Crippen molar-refractivity contribution >= 4 is 27.3 Å². The summed E-state index contributed by atoms with van der Waals surface area (Å²) in [6, 6.07) is 15.0. The third-order valence-electron chi connectivity index (χ3n) is 3.45. The monoisotopic (exact) mass is 391 g/mol. The quantitative estimate of drug-likeness (QED) is 0.693. The zero-order valence-corrected chi connectivity index (χ0v) is 15.0. The van der Waals surface area contributed by atoms with Gasteiger partial charge in [-0.3, -0.25) is 4.79 Å². The van der Waals surface area contributed by atoms with Gasteiger partial charge in [-0.05, 0) is 29.8 Å². The van der Waals surface area contributed by atoms with Crippen LogP contribution in [-0.4, -0.2) is 24.5 Å². The van der Waals surface area contributed by atoms with Crippen molar-refractivity contribution in [3.63, 3.8) is 0 Å². The molecule has 3 aromatic rings. The molecule has 0 saturated carbocycles. The average molecular weight is 392 g/mol. The Hall–Kier alpha value is -2.71. The van der Waals surface area contributed by atoms with Crippen LogP contribution in [0, 0.1) is 0 Å². The normalized spacial score (nSPS) is 11.3. The Morgan fingerprint density at radius 2 is 1.77 bits per heavy atom. The highest BCUT2D eigenvalue weighted by Gasteiger charge is 2.21. The van der Waals surface area contributed by atoms with Gasteiger partial charge < -0.3 is 9.84 Å². The van der Waals surface area contributed by atoms with Crippen LogP contribution in [0.5, 0.6) is 0 Å². The molecule has 0 radical (unpaired) electrons. The van der Waals surface area contributed by atoms with E-state index in [1.165, 1.54) is 24.3 Å². The van der Waals surface area contributed by atoms with Crippen LogP contribution in [0.3, 0.4) is 0 Å². The molecule has 1 N–H and O–H groups in total. The van der Waals surface area contributed by atoms with Gasteiger partial charge in [0, 0.05) is 11.6 Å². The molecule has 1 aromatic heterocycles. The second-order valence-corrected chi connectivity index (χ2v) is 7.82. The Kier molecular flexibility index (Phi) is 5.34. The fourth-order valence-corrected chi connectivity index (χ4v) is 3.45. The molecule has 0 aliphatic rings. The number of halogens is 1. The van der Waals surface area contributed by atoms with Gasteiger partial charge in [0.25, 0.3) is 0 Å². The standard InChI is InChI=1S/C17H14ClN3O4S/c18-13-6-8-14(9-7-13)26(23,24)11-15-20-17(25-21-15)16(22)19-10-12-4-2-1-3-5-12/h1-9H,10-11H2,(H,19,22). The van der Waals surface area contributed by atoms with E-state index in [-0.39, 0.29) is 16.6 Å². The number of amides is 1. The molecule has 26 heavy (non-hydrogen) atoms. The Labute approximate surface area is 154 Å². The van der Waals surface area contributed by atoms with Crippen LogP contribution in [0.2, 0.25) is 5.02 Å². The maximum Gasteiger partial charge on any atom is 0.315 e. The number of nitrogens with one attached hydrogen (secondary N) is 1. The number of carbonyl (C=O) groups excluding carboxylic acids is 1. The SMILES string of the molecule is O=C(NCc1ccccc1)c1nc(CS(=O)(=O)c2ccc(Cl)cc2)no1. The molecule has 9 heteroatoms. The lowest BCUT2D eigenvalue weighted by Gasteiger charge is -2.02. The first-order chi connectivity index (χ1) is 12.4. The van der Waals surface area contributed by atoms with Crippen LogP contribution >= 0.6 is 11.6 Å². The lowest BCUT2D eigenvalue weighted by Crippen LogP contribution is -2.23. The third kappa shape index (κ3) is 4.47. The highest BCUT2D eigenvalue weighted by atomic mass is 35.5. The van der Waals surface area contributed by atoms with E-state index < -0.39 is 21.5 Å². The molecule has 134 valence electrons. The molecule has 0 aliphatic heterocycles. The van der Waals surface area contributed by atoms with Crippen molar-refractivity contribution in [2.45, 2.75) is 17.2 Å². The van der Waals surface area contributed by atoms with E-state index >= 15 is 0 Å². The van der Waals surface area contributed by atoms with Crippen LogP contribution in [0.25, 0.3) is 0 Å². The van der Waals surface area contributed by atoms with Gasteiger partial charge in [-0.2, -0.15) is 4.98 Å². The van der Waals surface area contributed by atoms with Gasteiger partial charge in [-0.25, -0.2) is 8.42 Å². The molecule has 1 heterocycles. The maximum atomic E-state index is 12.3. The zero-order chi connectivity index (χ0) is 18.6. The van der Waals surface area contributed by atoms with Crippen LogP contribution in [0.4, 0.5) is 0 Å². The summed E-state index contributed by atoms with van der Waals surface area (Å²) in [4.78, 5) is 16.0. The molecule has 0 unspecified atom stereocenters. The molecular formula is C17H14ClN3O4S. The molecule has 2 aromatic carbocycles. The van der Waals surface area contributed by atoms with Crippen LogP contribution in [-0.2, 0) is 22.1 Å². The van der Waals surface area contributed by atoms with Crippen molar-refractivity contribution in [1.29, 1.82) is 0 Å². The zero-order valence-electron chi connectivity index (χ0n) is 13.4. The summed E-state index contributed by atoms with van der Waals surface area (Å²) in [6.45, 7) is 0.292. The van der Waals surface area contributed by atoms with Gasteiger partial charge in [0.1, 0.15) is 5.75 Å². The van der Waals surface area contributed by atoms with Crippen molar-refractivity contribution in [2.24, 2.45) is 0 Å². The van der Waals surface area contributed by atoms with Gasteiger partial charge in [0.2, 0.25) is 0 Å². The predicted molar refractivity (Wildman–Crippen MR) is 94.3 cm³/mol. The van der Waals surface area contributed by atoms with E-state index in [0.29, 0.717) is 11.6 Å². The van der Waals surface area contributed by atoms with Gasteiger partial charge in [-0.15, -0.1) is 0 Å². The minimum absolute atomic E-state index is 0.0850. The first-order valence-electron chi connectivity index (χ1n) is 7.57. The smallest absolute Gasteiger partial charge is 0.315 e. The van der Waals surface area contributed by atoms with Crippen LogP contribution < -0.4 is 5.32 Å². The minimum Gasteiger partial charge on any atom is -0.344 e. The van der Waals surface area contributed by atoms with Gasteiger partial charge in [-0.1, -0.05) is 47.1 Å². The van der Waals surface area contributed by atoms with Gasteiger partial charge in [0.05, 0.1) is 4.90 Å². The lowest BCUT2D eigenvalue weighted by atomic mass is 10.2. The number of nitrogens with zero attached hydrogens (tertiary/aromatic N) is 2. The van der Waals surface area contributed by atoms with Crippen molar-refractivity contribution in [2.75, 3.05) is 0 Å². The summed E-state index contributed by atoms with van der Waals surface area (Å²) in [5, 5.41) is 6.63. The van der Waals surface area contributed by atoms with E-state index in [9.17, 15) is 13.2 Å². The van der Waals surface area contributed by atoms with Gasteiger partial charge in [0.15, 0.2) is 15.7 Å². The molecule has 0 saturated heterocycles. The maximum absolute atomic E-state index is 12.3. The van der Waals surface area contributed by atoms with E-state index in [2.05, 4.69) is 15.5 Å². The van der Waals surface area contributed by atoms with Gasteiger partial charge >= 0.3 is 11.8 Å². The van der Waals surface area contributed by atoms with E-state index in [4.69, 9.17) is 16.1 Å². The first-order valence-corrected chi connectivity index (χ1v) is 9.60. The minimum atomic E-state index is -3.67. The summed E-state index contributed by atoms with van der Waals surface area (Å²) in [5.41, 5.74) is 0.908. The van der Waals surface area contributed by atoms with E-state index in [1.54, 1.807) is 0 Å². The van der Waals surface area contributed by atoms with Crippen LogP contribution in [0.15, 0.2) is 64.0 Å². The number of rotatable bonds is 6. The molecule has 3 rings (SSSR count). The predicted octanol–water partition coefficient (Wildman–Crippen LogP) is 2.63. The molecule has 7 nitrogen and oxygen atoms in total. The molecule has 0 atom stereocenters. The van der Waals surface area contributed by atoms with Crippen molar-refractivity contribution in [1.82, 2.24) is 15.5 Å². The van der Waals surface area contributed by atoms with E-state index in [0.717, 1.165) is 5.56 Å².